The minimum atomic E-state index is -0.587. The van der Waals surface area contributed by atoms with E-state index >= 15 is 0 Å². The molecule has 1 aliphatic rings. The zero-order valence-electron chi connectivity index (χ0n) is 10.4. The third kappa shape index (κ3) is 2.47. The number of hydrogen-bond donors (Lipinski definition) is 1. The normalized spacial score (nSPS) is 13.7. The number of hydrogen-bond acceptors (Lipinski definition) is 3. The Balaban J connectivity index is 2.12. The highest BCUT2D eigenvalue weighted by Gasteiger charge is 2.35. The summed E-state index contributed by atoms with van der Waals surface area (Å²) in [5, 5.41) is 2.49. The van der Waals surface area contributed by atoms with Crippen LogP contribution in [-0.4, -0.2) is 29.3 Å². The minimum Gasteiger partial charge on any atom is -0.338 e. The molecule has 0 saturated heterocycles. The predicted molar refractivity (Wildman–Crippen MR) is 64.8 cm³/mol. The number of imide groups is 1. The second kappa shape index (κ2) is 5.17. The molecule has 3 amide bonds. The summed E-state index contributed by atoms with van der Waals surface area (Å²) in [5.41, 5.74) is 0.200. The van der Waals surface area contributed by atoms with Crippen LogP contribution in [0.2, 0.25) is 0 Å². The Morgan fingerprint density at radius 1 is 1.26 bits per heavy atom. The zero-order valence-corrected chi connectivity index (χ0v) is 10.4. The lowest BCUT2D eigenvalue weighted by Crippen LogP contribution is -2.40. The molecule has 1 aromatic rings. The van der Waals surface area contributed by atoms with Crippen LogP contribution in [0.1, 0.15) is 40.5 Å². The van der Waals surface area contributed by atoms with Gasteiger partial charge in [0.2, 0.25) is 5.91 Å². The molecule has 0 fully saturated rings. The Morgan fingerprint density at radius 2 is 1.95 bits per heavy atom. The Morgan fingerprint density at radius 3 is 2.63 bits per heavy atom. The van der Waals surface area contributed by atoms with Gasteiger partial charge in [0.1, 0.15) is 12.5 Å². The third-order valence-corrected chi connectivity index (χ3v) is 2.84. The van der Waals surface area contributed by atoms with Crippen LogP contribution in [0.5, 0.6) is 0 Å². The van der Waals surface area contributed by atoms with Crippen LogP contribution in [0.15, 0.2) is 18.2 Å². The topological polar surface area (TPSA) is 66.5 Å². The summed E-state index contributed by atoms with van der Waals surface area (Å²) in [6, 6.07) is 3.44. The van der Waals surface area contributed by atoms with E-state index in [0.29, 0.717) is 12.8 Å². The standard InChI is InChI=1S/C13H13FN2O3/c1-2-3-11(17)15-7-16-12(18)9-5-4-8(14)6-10(9)13(16)19/h4-6H,2-3,7H2,1H3,(H,15,17). The Hall–Kier alpha value is -2.24. The van der Waals surface area contributed by atoms with E-state index in [9.17, 15) is 18.8 Å². The van der Waals surface area contributed by atoms with Crippen molar-refractivity contribution in [3.8, 4) is 0 Å². The molecule has 1 aromatic carbocycles. The van der Waals surface area contributed by atoms with Crippen LogP contribution in [0.3, 0.4) is 0 Å². The van der Waals surface area contributed by atoms with Gasteiger partial charge in [-0.3, -0.25) is 19.3 Å². The first-order valence-corrected chi connectivity index (χ1v) is 5.97. The summed E-state index contributed by atoms with van der Waals surface area (Å²) < 4.78 is 13.1. The van der Waals surface area contributed by atoms with Crippen molar-refractivity contribution in [3.63, 3.8) is 0 Å². The number of benzene rings is 1. The molecule has 1 N–H and O–H groups in total. The van der Waals surface area contributed by atoms with Crippen LogP contribution < -0.4 is 5.32 Å². The van der Waals surface area contributed by atoms with Gasteiger partial charge >= 0.3 is 0 Å². The van der Waals surface area contributed by atoms with E-state index in [0.717, 1.165) is 17.0 Å². The molecular formula is C13H13FN2O3. The average Bonchev–Trinajstić information content (AvgIpc) is 2.60. The third-order valence-electron chi connectivity index (χ3n) is 2.84. The van der Waals surface area contributed by atoms with E-state index in [1.165, 1.54) is 6.07 Å². The SMILES string of the molecule is CCCC(=O)NCN1C(=O)c2ccc(F)cc2C1=O. The molecule has 0 atom stereocenters. The molecule has 19 heavy (non-hydrogen) atoms. The molecule has 1 heterocycles. The number of carbonyl (C=O) groups excluding carboxylic acids is 3. The number of nitrogens with one attached hydrogen (secondary N) is 1. The fourth-order valence-corrected chi connectivity index (χ4v) is 1.89. The number of nitrogens with zero attached hydrogens (tertiary/aromatic N) is 1. The Bertz CT molecular complexity index is 557. The van der Waals surface area contributed by atoms with Crippen molar-refractivity contribution in [1.82, 2.24) is 10.2 Å². The van der Waals surface area contributed by atoms with Crippen molar-refractivity contribution >= 4 is 17.7 Å². The lowest BCUT2D eigenvalue weighted by molar-refractivity contribution is -0.121. The molecule has 2 rings (SSSR count). The molecule has 6 heteroatoms. The molecule has 1 aliphatic heterocycles. The molecule has 0 radical (unpaired) electrons. The summed E-state index contributed by atoms with van der Waals surface area (Å²) in [4.78, 5) is 36.1. The first kappa shape index (κ1) is 13.2. The number of carbonyl (C=O) groups is 3. The number of rotatable bonds is 4. The summed E-state index contributed by atoms with van der Waals surface area (Å²) in [6.07, 6.45) is 1.01. The lowest BCUT2D eigenvalue weighted by Gasteiger charge is -2.14. The van der Waals surface area contributed by atoms with Crippen molar-refractivity contribution < 1.29 is 18.8 Å². The van der Waals surface area contributed by atoms with Crippen molar-refractivity contribution in [2.24, 2.45) is 0 Å². The van der Waals surface area contributed by atoms with Gasteiger partial charge in [0.15, 0.2) is 0 Å². The molecule has 0 unspecified atom stereocenters. The quantitative estimate of drug-likeness (QED) is 0.833. The van der Waals surface area contributed by atoms with E-state index < -0.39 is 17.6 Å². The smallest absolute Gasteiger partial charge is 0.263 e. The maximum atomic E-state index is 13.1. The molecule has 0 saturated carbocycles. The van der Waals surface area contributed by atoms with Crippen molar-refractivity contribution in [3.05, 3.63) is 35.1 Å². The number of halogens is 1. The summed E-state index contributed by atoms with van der Waals surface area (Å²) in [6.45, 7) is 1.66. The zero-order chi connectivity index (χ0) is 14.0. The second-order valence-corrected chi connectivity index (χ2v) is 4.24. The lowest BCUT2D eigenvalue weighted by atomic mass is 10.1. The molecule has 0 aliphatic carbocycles. The van der Waals surface area contributed by atoms with Gasteiger partial charge in [0, 0.05) is 6.42 Å². The monoisotopic (exact) mass is 264 g/mol. The Kier molecular flexibility index (Phi) is 3.59. The van der Waals surface area contributed by atoms with Gasteiger partial charge in [-0.2, -0.15) is 0 Å². The van der Waals surface area contributed by atoms with E-state index in [1.807, 2.05) is 6.92 Å². The summed E-state index contributed by atoms with van der Waals surface area (Å²) in [7, 11) is 0. The predicted octanol–water partition coefficient (Wildman–Crippen LogP) is 1.30. The van der Waals surface area contributed by atoms with Gasteiger partial charge in [-0.15, -0.1) is 0 Å². The number of fused-ring (bicyclic) bond motifs is 1. The van der Waals surface area contributed by atoms with Gasteiger partial charge in [0.05, 0.1) is 11.1 Å². The highest BCUT2D eigenvalue weighted by molar-refractivity contribution is 6.21. The van der Waals surface area contributed by atoms with Gasteiger partial charge in [-0.25, -0.2) is 4.39 Å². The fraction of sp³-hybridized carbons (Fsp3) is 0.308. The highest BCUT2D eigenvalue weighted by Crippen LogP contribution is 2.22. The maximum absolute atomic E-state index is 13.1. The van der Waals surface area contributed by atoms with Crippen LogP contribution in [0.25, 0.3) is 0 Å². The first-order valence-electron chi connectivity index (χ1n) is 5.97. The largest absolute Gasteiger partial charge is 0.338 e. The average molecular weight is 264 g/mol. The molecule has 5 nitrogen and oxygen atoms in total. The first-order chi connectivity index (χ1) is 9.04. The highest BCUT2D eigenvalue weighted by atomic mass is 19.1. The van der Waals surface area contributed by atoms with Gasteiger partial charge < -0.3 is 5.32 Å². The van der Waals surface area contributed by atoms with Crippen LogP contribution in [0.4, 0.5) is 4.39 Å². The maximum Gasteiger partial charge on any atom is 0.263 e. The fourth-order valence-electron chi connectivity index (χ4n) is 1.89. The van der Waals surface area contributed by atoms with Crippen molar-refractivity contribution in [1.29, 1.82) is 0 Å². The van der Waals surface area contributed by atoms with Crippen molar-refractivity contribution in [2.45, 2.75) is 19.8 Å². The molecule has 0 aromatic heterocycles. The summed E-state index contributed by atoms with van der Waals surface area (Å²) in [5.74, 6) is -1.91. The Labute approximate surface area is 109 Å². The van der Waals surface area contributed by atoms with E-state index in [-0.39, 0.29) is 23.7 Å². The van der Waals surface area contributed by atoms with E-state index in [4.69, 9.17) is 0 Å². The van der Waals surface area contributed by atoms with Crippen LogP contribution in [0, 0.1) is 5.82 Å². The second-order valence-electron chi connectivity index (χ2n) is 4.24. The van der Waals surface area contributed by atoms with E-state index in [2.05, 4.69) is 5.32 Å². The van der Waals surface area contributed by atoms with Crippen LogP contribution >= 0.6 is 0 Å². The molecule has 0 spiro atoms. The minimum absolute atomic E-state index is 0.0368. The number of amides is 3. The van der Waals surface area contributed by atoms with Crippen molar-refractivity contribution in [2.75, 3.05) is 6.67 Å². The molecule has 0 bridgehead atoms. The van der Waals surface area contributed by atoms with Gasteiger partial charge in [0.25, 0.3) is 11.8 Å². The van der Waals surface area contributed by atoms with E-state index in [1.54, 1.807) is 0 Å². The van der Waals surface area contributed by atoms with Gasteiger partial charge in [-0.05, 0) is 24.6 Å². The summed E-state index contributed by atoms with van der Waals surface area (Å²) >= 11 is 0. The molecule has 100 valence electrons. The van der Waals surface area contributed by atoms with Gasteiger partial charge in [-0.1, -0.05) is 6.92 Å². The molecular weight excluding hydrogens is 251 g/mol. The van der Waals surface area contributed by atoms with Crippen LogP contribution in [-0.2, 0) is 4.79 Å².